The topological polar surface area (TPSA) is 88.8 Å². The third-order valence-electron chi connectivity index (χ3n) is 3.19. The second-order valence-corrected chi connectivity index (χ2v) is 5.82. The summed E-state index contributed by atoms with van der Waals surface area (Å²) in [4.78, 5) is 11.7. The normalized spacial score (nSPS) is 11.9. The highest BCUT2D eigenvalue weighted by Gasteiger charge is 2.12. The van der Waals surface area contributed by atoms with Crippen LogP contribution in [0.3, 0.4) is 0 Å². The zero-order valence-electron chi connectivity index (χ0n) is 14.5. The van der Waals surface area contributed by atoms with Crippen molar-refractivity contribution in [1.82, 2.24) is 5.32 Å². The standard InChI is InChI=1S/C18H22ClFN4O/c1-4-23-10-13(18(19)22)8-15(7-11(2)21)24-17-6-5-14(20)9-16(17)12(3)25/h5-7,9-10,21-24H,4,8H2,1-3H3/b13-10-,15-7-,21-11?,22-18?. The minimum atomic E-state index is -0.500. The van der Waals surface area contributed by atoms with Gasteiger partial charge in [-0.15, -0.1) is 0 Å². The first-order chi connectivity index (χ1) is 11.7. The van der Waals surface area contributed by atoms with Crippen molar-refractivity contribution in [3.05, 3.63) is 53.1 Å². The summed E-state index contributed by atoms with van der Waals surface area (Å²) in [5.41, 5.74) is 2.03. The van der Waals surface area contributed by atoms with Crippen molar-refractivity contribution in [1.29, 1.82) is 10.8 Å². The van der Waals surface area contributed by atoms with E-state index in [-0.39, 0.29) is 28.7 Å². The van der Waals surface area contributed by atoms with Gasteiger partial charge in [0.1, 0.15) is 11.0 Å². The molecule has 0 amide bonds. The van der Waals surface area contributed by atoms with Gasteiger partial charge >= 0.3 is 0 Å². The molecular weight excluding hydrogens is 343 g/mol. The molecule has 0 unspecified atom stereocenters. The summed E-state index contributed by atoms with van der Waals surface area (Å²) < 4.78 is 13.4. The molecule has 0 saturated carbocycles. The quantitative estimate of drug-likeness (QED) is 0.385. The Kier molecular flexibility index (Phi) is 8.01. The van der Waals surface area contributed by atoms with E-state index in [9.17, 15) is 9.18 Å². The van der Waals surface area contributed by atoms with Gasteiger partial charge in [0.05, 0.1) is 0 Å². The summed E-state index contributed by atoms with van der Waals surface area (Å²) >= 11 is 5.83. The fraction of sp³-hybridized carbons (Fsp3) is 0.278. The molecule has 0 aliphatic carbocycles. The molecule has 0 heterocycles. The van der Waals surface area contributed by atoms with Crippen LogP contribution in [0.2, 0.25) is 0 Å². The molecule has 0 radical (unpaired) electrons. The van der Waals surface area contributed by atoms with Crippen LogP contribution in [0.4, 0.5) is 10.1 Å². The van der Waals surface area contributed by atoms with Crippen LogP contribution in [0.25, 0.3) is 0 Å². The van der Waals surface area contributed by atoms with Gasteiger partial charge in [0.2, 0.25) is 0 Å². The van der Waals surface area contributed by atoms with Crippen LogP contribution in [0, 0.1) is 16.6 Å². The summed E-state index contributed by atoms with van der Waals surface area (Å²) in [6, 6.07) is 3.89. The highest BCUT2D eigenvalue weighted by Crippen LogP contribution is 2.22. The van der Waals surface area contributed by atoms with Crippen LogP contribution in [0.5, 0.6) is 0 Å². The number of ketones is 1. The van der Waals surface area contributed by atoms with Crippen LogP contribution in [0.1, 0.15) is 37.6 Å². The van der Waals surface area contributed by atoms with E-state index in [1.165, 1.54) is 25.1 Å². The number of rotatable bonds is 9. The molecule has 25 heavy (non-hydrogen) atoms. The summed E-state index contributed by atoms with van der Waals surface area (Å²) in [5.74, 6) is -0.777. The Hall–Kier alpha value is -2.47. The van der Waals surface area contributed by atoms with Crippen molar-refractivity contribution in [3.63, 3.8) is 0 Å². The predicted molar refractivity (Wildman–Crippen MR) is 101 cm³/mol. The van der Waals surface area contributed by atoms with Crippen LogP contribution >= 0.6 is 11.6 Å². The summed E-state index contributed by atoms with van der Waals surface area (Å²) in [6.07, 6.45) is 3.47. The molecule has 1 rings (SSSR count). The van der Waals surface area contributed by atoms with Gasteiger partial charge < -0.3 is 16.0 Å². The number of allylic oxidation sites excluding steroid dienone is 2. The fourth-order valence-corrected chi connectivity index (χ4v) is 2.23. The molecule has 0 saturated heterocycles. The Labute approximate surface area is 152 Å². The molecule has 5 nitrogen and oxygen atoms in total. The first-order valence-corrected chi connectivity index (χ1v) is 8.12. The lowest BCUT2D eigenvalue weighted by atomic mass is 10.1. The summed E-state index contributed by atoms with van der Waals surface area (Å²) in [7, 11) is 0. The van der Waals surface area contributed by atoms with Crippen LogP contribution in [-0.2, 0) is 0 Å². The maximum Gasteiger partial charge on any atom is 0.161 e. The Morgan fingerprint density at radius 1 is 1.32 bits per heavy atom. The molecule has 1 aromatic carbocycles. The van der Waals surface area contributed by atoms with Crippen LogP contribution < -0.4 is 10.6 Å². The zero-order valence-corrected chi connectivity index (χ0v) is 15.2. The molecule has 0 spiro atoms. The summed E-state index contributed by atoms with van der Waals surface area (Å²) in [5, 5.41) is 21.3. The van der Waals surface area contributed by atoms with Crippen molar-refractivity contribution >= 4 is 34.0 Å². The molecule has 0 atom stereocenters. The van der Waals surface area contributed by atoms with Crippen molar-refractivity contribution in [2.24, 2.45) is 0 Å². The predicted octanol–water partition coefficient (Wildman–Crippen LogP) is 4.46. The number of nitrogens with one attached hydrogen (secondary N) is 4. The SMILES string of the molecule is CCN/C=C(/C/C(=C/C(C)=N)Nc1ccc(F)cc1C(C)=O)C(=N)Cl. The molecular formula is C18H22ClFN4O. The van der Waals surface area contributed by atoms with E-state index in [0.29, 0.717) is 23.5 Å². The maximum absolute atomic E-state index is 13.4. The molecule has 134 valence electrons. The van der Waals surface area contributed by atoms with E-state index in [1.54, 1.807) is 19.2 Å². The Morgan fingerprint density at radius 2 is 2.00 bits per heavy atom. The smallest absolute Gasteiger partial charge is 0.161 e. The summed E-state index contributed by atoms with van der Waals surface area (Å²) in [6.45, 7) is 5.56. The molecule has 4 N–H and O–H groups in total. The second-order valence-electron chi connectivity index (χ2n) is 5.44. The number of hydrogen-bond donors (Lipinski definition) is 4. The average molecular weight is 365 g/mol. The first-order valence-electron chi connectivity index (χ1n) is 7.74. The average Bonchev–Trinajstić information content (AvgIpc) is 2.51. The number of halogens is 2. The van der Waals surface area contributed by atoms with Gasteiger partial charge in [-0.05, 0) is 45.0 Å². The lowest BCUT2D eigenvalue weighted by molar-refractivity contribution is 0.101. The van der Waals surface area contributed by atoms with Crippen molar-refractivity contribution in [3.8, 4) is 0 Å². The second kappa shape index (κ2) is 9.74. The zero-order chi connectivity index (χ0) is 19.0. The highest BCUT2D eigenvalue weighted by molar-refractivity contribution is 6.68. The molecule has 0 aliphatic rings. The Balaban J connectivity index is 3.20. The first kappa shape index (κ1) is 20.6. The number of benzene rings is 1. The minimum Gasteiger partial charge on any atom is -0.391 e. The van der Waals surface area contributed by atoms with E-state index in [1.807, 2.05) is 6.92 Å². The third kappa shape index (κ3) is 6.89. The van der Waals surface area contributed by atoms with E-state index in [4.69, 9.17) is 22.4 Å². The highest BCUT2D eigenvalue weighted by atomic mass is 35.5. The molecule has 0 aliphatic heterocycles. The van der Waals surface area contributed by atoms with Crippen LogP contribution in [0.15, 0.2) is 41.7 Å². The third-order valence-corrected chi connectivity index (χ3v) is 3.43. The monoisotopic (exact) mass is 364 g/mol. The minimum absolute atomic E-state index is 0.123. The largest absolute Gasteiger partial charge is 0.391 e. The Bertz CT molecular complexity index is 741. The number of anilines is 1. The number of carbonyl (C=O) groups excluding carboxylic acids is 1. The van der Waals surface area contributed by atoms with Gasteiger partial charge in [0, 0.05) is 47.4 Å². The van der Waals surface area contributed by atoms with Crippen molar-refractivity contribution in [2.45, 2.75) is 27.2 Å². The number of Topliss-reactive ketones (excluding diaryl/α,β-unsaturated/α-hetero) is 1. The van der Waals surface area contributed by atoms with E-state index >= 15 is 0 Å². The lowest BCUT2D eigenvalue weighted by Crippen LogP contribution is -2.11. The maximum atomic E-state index is 13.4. The lowest BCUT2D eigenvalue weighted by Gasteiger charge is -2.15. The number of hydrogen-bond acceptors (Lipinski definition) is 5. The van der Waals surface area contributed by atoms with E-state index < -0.39 is 5.82 Å². The van der Waals surface area contributed by atoms with Crippen molar-refractivity contribution < 1.29 is 9.18 Å². The van der Waals surface area contributed by atoms with Gasteiger partial charge in [-0.3, -0.25) is 10.2 Å². The van der Waals surface area contributed by atoms with Gasteiger partial charge in [0.25, 0.3) is 0 Å². The molecule has 7 heteroatoms. The van der Waals surface area contributed by atoms with Gasteiger partial charge in [-0.2, -0.15) is 0 Å². The Morgan fingerprint density at radius 3 is 2.52 bits per heavy atom. The van der Waals surface area contributed by atoms with Gasteiger partial charge in [0.15, 0.2) is 5.78 Å². The van der Waals surface area contributed by atoms with E-state index in [2.05, 4.69) is 10.6 Å². The van der Waals surface area contributed by atoms with Gasteiger partial charge in [-0.25, -0.2) is 4.39 Å². The molecule has 0 aromatic heterocycles. The van der Waals surface area contributed by atoms with Crippen LogP contribution in [-0.4, -0.2) is 23.2 Å². The van der Waals surface area contributed by atoms with E-state index in [0.717, 1.165) is 0 Å². The molecule has 0 bridgehead atoms. The fourth-order valence-electron chi connectivity index (χ4n) is 2.10. The molecule has 0 fully saturated rings. The molecule has 1 aromatic rings. The van der Waals surface area contributed by atoms with Crippen molar-refractivity contribution in [2.75, 3.05) is 11.9 Å². The number of carbonyl (C=O) groups is 1. The van der Waals surface area contributed by atoms with Gasteiger partial charge in [-0.1, -0.05) is 11.6 Å².